The van der Waals surface area contributed by atoms with Crippen molar-refractivity contribution in [2.24, 2.45) is 5.92 Å². The van der Waals surface area contributed by atoms with Gasteiger partial charge in [-0.2, -0.15) is 0 Å². The summed E-state index contributed by atoms with van der Waals surface area (Å²) in [6, 6.07) is 2.41. The molecule has 27 heavy (non-hydrogen) atoms. The van der Waals surface area contributed by atoms with Gasteiger partial charge >= 0.3 is 6.03 Å². The standard InChI is InChI=1S/C18H19N3O6/c1-9(22)11-5-13-14(27-8-26-13)6-12(11)19-15(23)7-21-16(24)18(2,10-3-4-10)20-17(21)25/h5-6,10H,3-4,7-8H2,1-2H3,(H,19,23)(H,20,25)/t18-/m1/s1. The minimum atomic E-state index is -0.944. The van der Waals surface area contributed by atoms with Crippen molar-refractivity contribution in [1.29, 1.82) is 0 Å². The molecular weight excluding hydrogens is 354 g/mol. The average Bonchev–Trinajstić information content (AvgIpc) is 3.33. The normalized spacial score (nSPS) is 23.4. The molecule has 0 unspecified atom stereocenters. The summed E-state index contributed by atoms with van der Waals surface area (Å²) >= 11 is 0. The first kappa shape index (κ1) is 17.3. The van der Waals surface area contributed by atoms with Crippen molar-refractivity contribution in [3.63, 3.8) is 0 Å². The number of hydrogen-bond acceptors (Lipinski definition) is 6. The largest absolute Gasteiger partial charge is 0.454 e. The lowest BCUT2D eigenvalue weighted by molar-refractivity contribution is -0.134. The van der Waals surface area contributed by atoms with E-state index in [1.165, 1.54) is 19.1 Å². The Balaban J connectivity index is 1.51. The van der Waals surface area contributed by atoms with Crippen LogP contribution in [0, 0.1) is 5.92 Å². The number of ketones is 1. The van der Waals surface area contributed by atoms with Crippen molar-refractivity contribution in [2.75, 3.05) is 18.7 Å². The van der Waals surface area contributed by atoms with Gasteiger partial charge in [0.1, 0.15) is 12.1 Å². The number of nitrogens with one attached hydrogen (secondary N) is 2. The predicted octanol–water partition coefficient (Wildman–Crippen LogP) is 1.28. The van der Waals surface area contributed by atoms with E-state index < -0.39 is 29.9 Å². The van der Waals surface area contributed by atoms with E-state index in [1.54, 1.807) is 6.92 Å². The molecule has 0 radical (unpaired) electrons. The maximum absolute atomic E-state index is 12.6. The molecule has 1 saturated carbocycles. The number of fused-ring (bicyclic) bond motifs is 1. The third-order valence-corrected chi connectivity index (χ3v) is 5.16. The molecule has 2 heterocycles. The zero-order valence-corrected chi connectivity index (χ0v) is 15.0. The number of nitrogens with zero attached hydrogens (tertiary/aromatic N) is 1. The Morgan fingerprint density at radius 1 is 1.26 bits per heavy atom. The van der Waals surface area contributed by atoms with Crippen LogP contribution in [-0.2, 0) is 9.59 Å². The van der Waals surface area contributed by atoms with Crippen LogP contribution in [0.2, 0.25) is 0 Å². The van der Waals surface area contributed by atoms with Crippen molar-refractivity contribution in [2.45, 2.75) is 32.2 Å². The third-order valence-electron chi connectivity index (χ3n) is 5.16. The van der Waals surface area contributed by atoms with E-state index in [9.17, 15) is 19.2 Å². The molecule has 1 aromatic carbocycles. The van der Waals surface area contributed by atoms with Gasteiger partial charge in [0.25, 0.3) is 5.91 Å². The molecular formula is C18H19N3O6. The molecule has 142 valence electrons. The second kappa shape index (κ2) is 5.97. The number of benzene rings is 1. The van der Waals surface area contributed by atoms with Gasteiger partial charge in [0, 0.05) is 11.6 Å². The summed E-state index contributed by atoms with van der Waals surface area (Å²) < 4.78 is 10.5. The lowest BCUT2D eigenvalue weighted by atomic mass is 9.96. The first-order valence-electron chi connectivity index (χ1n) is 8.68. The zero-order chi connectivity index (χ0) is 19.3. The summed E-state index contributed by atoms with van der Waals surface area (Å²) in [6.45, 7) is 2.66. The third kappa shape index (κ3) is 2.88. The van der Waals surface area contributed by atoms with Crippen LogP contribution in [0.5, 0.6) is 11.5 Å². The lowest BCUT2D eigenvalue weighted by Gasteiger charge is -2.20. The lowest BCUT2D eigenvalue weighted by Crippen LogP contribution is -2.46. The molecule has 1 aromatic rings. The number of Topliss-reactive ketones (excluding diaryl/α,β-unsaturated/α-hetero) is 1. The van der Waals surface area contributed by atoms with Crippen LogP contribution in [-0.4, -0.2) is 47.4 Å². The maximum atomic E-state index is 12.6. The first-order chi connectivity index (χ1) is 12.8. The van der Waals surface area contributed by atoms with Crippen molar-refractivity contribution in [3.05, 3.63) is 17.7 Å². The monoisotopic (exact) mass is 373 g/mol. The number of hydrogen-bond donors (Lipinski definition) is 2. The number of ether oxygens (including phenoxy) is 2. The van der Waals surface area contributed by atoms with E-state index in [4.69, 9.17) is 9.47 Å². The SMILES string of the molecule is CC(=O)c1cc2c(cc1NC(=O)CN1C(=O)N[C@](C)(C3CC3)C1=O)OCO2. The fourth-order valence-corrected chi connectivity index (χ4v) is 3.47. The molecule has 4 rings (SSSR count). The number of anilines is 1. The van der Waals surface area contributed by atoms with Crippen LogP contribution in [0.1, 0.15) is 37.0 Å². The highest BCUT2D eigenvalue weighted by atomic mass is 16.7. The Hall–Kier alpha value is -3.10. The van der Waals surface area contributed by atoms with E-state index in [2.05, 4.69) is 10.6 Å². The summed E-state index contributed by atoms with van der Waals surface area (Å²) in [5.74, 6) is -0.304. The summed E-state index contributed by atoms with van der Waals surface area (Å²) in [5, 5.41) is 5.28. The number of imide groups is 1. The summed E-state index contributed by atoms with van der Waals surface area (Å²) in [6.07, 6.45) is 1.75. The van der Waals surface area contributed by atoms with Gasteiger partial charge in [-0.05, 0) is 38.7 Å². The minimum absolute atomic E-state index is 0.0340. The minimum Gasteiger partial charge on any atom is -0.454 e. The molecule has 1 saturated heterocycles. The number of urea groups is 1. The topological polar surface area (TPSA) is 114 Å². The van der Waals surface area contributed by atoms with Gasteiger partial charge in [0.2, 0.25) is 12.7 Å². The Morgan fingerprint density at radius 2 is 1.93 bits per heavy atom. The van der Waals surface area contributed by atoms with Crippen LogP contribution >= 0.6 is 0 Å². The molecule has 0 spiro atoms. The number of amides is 4. The summed E-state index contributed by atoms with van der Waals surface area (Å²) in [7, 11) is 0. The molecule has 2 N–H and O–H groups in total. The van der Waals surface area contributed by atoms with E-state index in [0.717, 1.165) is 17.7 Å². The van der Waals surface area contributed by atoms with Gasteiger partial charge in [0.15, 0.2) is 17.3 Å². The van der Waals surface area contributed by atoms with Gasteiger partial charge in [-0.25, -0.2) is 4.79 Å². The van der Waals surface area contributed by atoms with Crippen molar-refractivity contribution < 1.29 is 28.7 Å². The smallest absolute Gasteiger partial charge is 0.325 e. The zero-order valence-electron chi connectivity index (χ0n) is 15.0. The fourth-order valence-electron chi connectivity index (χ4n) is 3.47. The van der Waals surface area contributed by atoms with Gasteiger partial charge in [0.05, 0.1) is 5.69 Å². The highest BCUT2D eigenvalue weighted by Gasteiger charge is 2.56. The molecule has 1 aliphatic carbocycles. The van der Waals surface area contributed by atoms with Crippen molar-refractivity contribution in [1.82, 2.24) is 10.2 Å². The highest BCUT2D eigenvalue weighted by molar-refractivity contribution is 6.11. The molecule has 0 aromatic heterocycles. The van der Waals surface area contributed by atoms with Gasteiger partial charge < -0.3 is 20.1 Å². The van der Waals surface area contributed by atoms with Crippen LogP contribution in [0.4, 0.5) is 10.5 Å². The van der Waals surface area contributed by atoms with Gasteiger partial charge in [-0.1, -0.05) is 0 Å². The summed E-state index contributed by atoms with van der Waals surface area (Å²) in [5.41, 5.74) is -0.443. The van der Waals surface area contributed by atoms with Crippen molar-refractivity contribution in [3.8, 4) is 11.5 Å². The Morgan fingerprint density at radius 3 is 2.56 bits per heavy atom. The van der Waals surface area contributed by atoms with E-state index in [1.807, 2.05) is 0 Å². The van der Waals surface area contributed by atoms with Crippen molar-refractivity contribution >= 4 is 29.3 Å². The highest BCUT2D eigenvalue weighted by Crippen LogP contribution is 2.42. The van der Waals surface area contributed by atoms with Gasteiger partial charge in [-0.3, -0.25) is 19.3 Å². The molecule has 2 aliphatic heterocycles. The molecule has 9 nitrogen and oxygen atoms in total. The quantitative estimate of drug-likeness (QED) is 0.594. The van der Waals surface area contributed by atoms with E-state index >= 15 is 0 Å². The van der Waals surface area contributed by atoms with Crippen LogP contribution in [0.25, 0.3) is 0 Å². The second-order valence-electron chi connectivity index (χ2n) is 7.15. The Kier molecular flexibility index (Phi) is 3.83. The predicted molar refractivity (Wildman–Crippen MR) is 92.6 cm³/mol. The molecule has 3 aliphatic rings. The van der Waals surface area contributed by atoms with Gasteiger partial charge in [-0.15, -0.1) is 0 Å². The van der Waals surface area contributed by atoms with Crippen LogP contribution < -0.4 is 20.1 Å². The fraction of sp³-hybridized carbons (Fsp3) is 0.444. The Bertz CT molecular complexity index is 878. The van der Waals surface area contributed by atoms with Crippen LogP contribution in [0.15, 0.2) is 12.1 Å². The van der Waals surface area contributed by atoms with E-state index in [-0.39, 0.29) is 29.7 Å². The van der Waals surface area contributed by atoms with E-state index in [0.29, 0.717) is 11.5 Å². The molecule has 0 bridgehead atoms. The number of carbonyl (C=O) groups excluding carboxylic acids is 4. The number of rotatable bonds is 5. The van der Waals surface area contributed by atoms with Crippen LogP contribution in [0.3, 0.4) is 0 Å². The second-order valence-corrected chi connectivity index (χ2v) is 7.15. The Labute approximate surface area is 155 Å². The molecule has 4 amide bonds. The molecule has 1 atom stereocenters. The summed E-state index contributed by atoms with van der Waals surface area (Å²) in [4.78, 5) is 50.0. The first-order valence-corrected chi connectivity index (χ1v) is 8.68. The maximum Gasteiger partial charge on any atom is 0.325 e. The molecule has 2 fully saturated rings. The average molecular weight is 373 g/mol. The molecule has 9 heteroatoms. The number of carbonyl (C=O) groups is 4.